The van der Waals surface area contributed by atoms with E-state index in [1.807, 2.05) is 0 Å². The first kappa shape index (κ1) is 12.7. The standard InChI is InChI=1S/C14H27N3/c1-11(2)10-16-14(15)17-9-5-8-13(17)12-6-3-4-7-12/h11-13H,3-10H2,1-2H3,(H2,15,16). The highest BCUT2D eigenvalue weighted by Crippen LogP contribution is 2.35. The van der Waals surface area contributed by atoms with Crippen LogP contribution in [0.4, 0.5) is 0 Å². The van der Waals surface area contributed by atoms with E-state index in [2.05, 4.69) is 23.7 Å². The summed E-state index contributed by atoms with van der Waals surface area (Å²) in [6.07, 6.45) is 8.25. The Hall–Kier alpha value is -0.730. The quantitative estimate of drug-likeness (QED) is 0.605. The molecule has 0 aromatic carbocycles. The molecule has 1 saturated carbocycles. The molecule has 1 aliphatic carbocycles. The number of guanidine groups is 1. The fraction of sp³-hybridized carbons (Fsp3) is 0.929. The predicted molar refractivity (Wildman–Crippen MR) is 73.0 cm³/mol. The summed E-state index contributed by atoms with van der Waals surface area (Å²) in [4.78, 5) is 6.93. The molecular formula is C14H27N3. The summed E-state index contributed by atoms with van der Waals surface area (Å²) in [5.41, 5.74) is 6.16. The molecule has 0 bridgehead atoms. The Morgan fingerprint density at radius 2 is 1.94 bits per heavy atom. The van der Waals surface area contributed by atoms with Gasteiger partial charge in [0.2, 0.25) is 0 Å². The van der Waals surface area contributed by atoms with Gasteiger partial charge in [-0.15, -0.1) is 0 Å². The molecule has 98 valence electrons. The van der Waals surface area contributed by atoms with Crippen LogP contribution in [0.1, 0.15) is 52.4 Å². The summed E-state index contributed by atoms with van der Waals surface area (Å²) in [5.74, 6) is 2.28. The average Bonchev–Trinajstić information content (AvgIpc) is 2.94. The van der Waals surface area contributed by atoms with Crippen molar-refractivity contribution >= 4 is 5.96 Å². The summed E-state index contributed by atoms with van der Waals surface area (Å²) in [6, 6.07) is 0.688. The van der Waals surface area contributed by atoms with E-state index in [0.717, 1.165) is 25.0 Å². The predicted octanol–water partition coefficient (Wildman–Crippen LogP) is 2.61. The average molecular weight is 237 g/mol. The molecule has 0 spiro atoms. The zero-order valence-corrected chi connectivity index (χ0v) is 11.4. The lowest BCUT2D eigenvalue weighted by Gasteiger charge is -2.30. The highest BCUT2D eigenvalue weighted by atomic mass is 15.3. The molecule has 17 heavy (non-hydrogen) atoms. The second kappa shape index (κ2) is 5.74. The van der Waals surface area contributed by atoms with Gasteiger partial charge in [-0.3, -0.25) is 4.99 Å². The van der Waals surface area contributed by atoms with Gasteiger partial charge < -0.3 is 10.6 Å². The van der Waals surface area contributed by atoms with E-state index in [-0.39, 0.29) is 0 Å². The second-order valence-electron chi connectivity index (χ2n) is 6.04. The van der Waals surface area contributed by atoms with Crippen LogP contribution in [0.2, 0.25) is 0 Å². The van der Waals surface area contributed by atoms with Crippen molar-refractivity contribution in [3.8, 4) is 0 Å². The molecule has 0 radical (unpaired) electrons. The lowest BCUT2D eigenvalue weighted by atomic mass is 9.96. The molecule has 1 heterocycles. The zero-order valence-electron chi connectivity index (χ0n) is 11.4. The molecule has 0 aromatic heterocycles. The lowest BCUT2D eigenvalue weighted by molar-refractivity contribution is 0.277. The molecule has 2 N–H and O–H groups in total. The molecular weight excluding hydrogens is 210 g/mol. The summed E-state index contributed by atoms with van der Waals surface area (Å²) < 4.78 is 0. The maximum Gasteiger partial charge on any atom is 0.191 e. The van der Waals surface area contributed by atoms with E-state index >= 15 is 0 Å². The third kappa shape index (κ3) is 3.14. The van der Waals surface area contributed by atoms with Gasteiger partial charge in [0, 0.05) is 19.1 Å². The van der Waals surface area contributed by atoms with Crippen LogP contribution in [0.3, 0.4) is 0 Å². The van der Waals surface area contributed by atoms with Gasteiger partial charge in [0.15, 0.2) is 5.96 Å². The van der Waals surface area contributed by atoms with Crippen LogP contribution in [0, 0.1) is 11.8 Å². The Bertz CT molecular complexity index is 267. The molecule has 0 amide bonds. The number of nitrogens with two attached hydrogens (primary N) is 1. The summed E-state index contributed by atoms with van der Waals surface area (Å²) in [5, 5.41) is 0. The molecule has 1 unspecified atom stereocenters. The number of likely N-dealkylation sites (tertiary alicyclic amines) is 1. The molecule has 3 heteroatoms. The monoisotopic (exact) mass is 237 g/mol. The van der Waals surface area contributed by atoms with Crippen LogP contribution < -0.4 is 5.73 Å². The Kier molecular flexibility index (Phi) is 4.30. The highest BCUT2D eigenvalue weighted by Gasteiger charge is 2.34. The van der Waals surface area contributed by atoms with E-state index in [4.69, 9.17) is 5.73 Å². The zero-order chi connectivity index (χ0) is 12.3. The van der Waals surface area contributed by atoms with E-state index < -0.39 is 0 Å². The van der Waals surface area contributed by atoms with Crippen molar-refractivity contribution in [1.29, 1.82) is 0 Å². The van der Waals surface area contributed by atoms with Crippen molar-refractivity contribution in [2.75, 3.05) is 13.1 Å². The Morgan fingerprint density at radius 3 is 2.59 bits per heavy atom. The summed E-state index contributed by atoms with van der Waals surface area (Å²) in [7, 11) is 0. The first-order chi connectivity index (χ1) is 8.18. The molecule has 0 aromatic rings. The minimum atomic E-state index is 0.598. The number of rotatable bonds is 3. The smallest absolute Gasteiger partial charge is 0.191 e. The van der Waals surface area contributed by atoms with Crippen molar-refractivity contribution in [3.63, 3.8) is 0 Å². The summed E-state index contributed by atoms with van der Waals surface area (Å²) >= 11 is 0. The SMILES string of the molecule is CC(C)CN=C(N)N1CCCC1C1CCCC1. The first-order valence-corrected chi connectivity index (χ1v) is 7.25. The lowest BCUT2D eigenvalue weighted by Crippen LogP contribution is -2.44. The second-order valence-corrected chi connectivity index (χ2v) is 6.04. The van der Waals surface area contributed by atoms with Crippen molar-refractivity contribution in [3.05, 3.63) is 0 Å². The molecule has 3 nitrogen and oxygen atoms in total. The van der Waals surface area contributed by atoms with E-state index in [1.165, 1.54) is 38.5 Å². The van der Waals surface area contributed by atoms with Crippen molar-refractivity contribution in [2.45, 2.75) is 58.4 Å². The van der Waals surface area contributed by atoms with Crippen LogP contribution in [-0.4, -0.2) is 30.0 Å². The molecule has 2 aliphatic rings. The molecule has 1 aliphatic heterocycles. The molecule has 1 atom stereocenters. The number of aliphatic imine (C=N–C) groups is 1. The van der Waals surface area contributed by atoms with Gasteiger partial charge in [0.05, 0.1) is 0 Å². The van der Waals surface area contributed by atoms with Gasteiger partial charge >= 0.3 is 0 Å². The van der Waals surface area contributed by atoms with Crippen LogP contribution in [0.5, 0.6) is 0 Å². The third-order valence-electron chi connectivity index (χ3n) is 4.16. The minimum absolute atomic E-state index is 0.598. The van der Waals surface area contributed by atoms with Gasteiger partial charge in [-0.1, -0.05) is 26.7 Å². The third-order valence-corrected chi connectivity index (χ3v) is 4.16. The maximum absolute atomic E-state index is 6.16. The normalized spacial score (nSPS) is 27.4. The topological polar surface area (TPSA) is 41.6 Å². The van der Waals surface area contributed by atoms with Crippen molar-refractivity contribution in [2.24, 2.45) is 22.6 Å². The van der Waals surface area contributed by atoms with Gasteiger partial charge in [-0.25, -0.2) is 0 Å². The first-order valence-electron chi connectivity index (χ1n) is 7.25. The van der Waals surface area contributed by atoms with Gasteiger partial charge in [0.1, 0.15) is 0 Å². The van der Waals surface area contributed by atoms with Crippen molar-refractivity contribution < 1.29 is 0 Å². The number of hydrogen-bond acceptors (Lipinski definition) is 1. The Morgan fingerprint density at radius 1 is 1.24 bits per heavy atom. The van der Waals surface area contributed by atoms with Crippen LogP contribution in [0.25, 0.3) is 0 Å². The number of hydrogen-bond donors (Lipinski definition) is 1. The largest absolute Gasteiger partial charge is 0.370 e. The van der Waals surface area contributed by atoms with E-state index in [9.17, 15) is 0 Å². The van der Waals surface area contributed by atoms with E-state index in [1.54, 1.807) is 0 Å². The molecule has 2 fully saturated rings. The van der Waals surface area contributed by atoms with Crippen LogP contribution >= 0.6 is 0 Å². The highest BCUT2D eigenvalue weighted by molar-refractivity contribution is 5.78. The minimum Gasteiger partial charge on any atom is -0.370 e. The summed E-state index contributed by atoms with van der Waals surface area (Å²) in [6.45, 7) is 6.36. The Balaban J connectivity index is 1.95. The van der Waals surface area contributed by atoms with Crippen LogP contribution in [-0.2, 0) is 0 Å². The van der Waals surface area contributed by atoms with Gasteiger partial charge in [-0.2, -0.15) is 0 Å². The number of nitrogens with zero attached hydrogens (tertiary/aromatic N) is 2. The van der Waals surface area contributed by atoms with E-state index in [0.29, 0.717) is 12.0 Å². The van der Waals surface area contributed by atoms with Crippen LogP contribution in [0.15, 0.2) is 4.99 Å². The van der Waals surface area contributed by atoms with Gasteiger partial charge in [-0.05, 0) is 37.5 Å². The van der Waals surface area contributed by atoms with Crippen molar-refractivity contribution in [1.82, 2.24) is 4.90 Å². The molecule has 1 saturated heterocycles. The molecule has 2 rings (SSSR count). The van der Waals surface area contributed by atoms with Gasteiger partial charge in [0.25, 0.3) is 0 Å². The maximum atomic E-state index is 6.16. The fourth-order valence-electron chi connectivity index (χ4n) is 3.28. The Labute approximate surface area is 105 Å². The fourth-order valence-corrected chi connectivity index (χ4v) is 3.28.